The zero-order valence-corrected chi connectivity index (χ0v) is 14.4. The second-order valence-electron chi connectivity index (χ2n) is 5.54. The third-order valence-electron chi connectivity index (χ3n) is 3.51. The fraction of sp³-hybridized carbons (Fsp3) is 0.200. The van der Waals surface area contributed by atoms with Crippen molar-refractivity contribution in [2.24, 2.45) is 0 Å². The number of carbonyl (C=O) groups is 2. The maximum absolute atomic E-state index is 12.4. The van der Waals surface area contributed by atoms with Gasteiger partial charge in [0.05, 0.1) is 6.61 Å². The van der Waals surface area contributed by atoms with Crippen molar-refractivity contribution in [1.29, 1.82) is 0 Å². The van der Waals surface area contributed by atoms with Gasteiger partial charge in [-0.15, -0.1) is 0 Å². The maximum Gasteiger partial charge on any atom is 0.267 e. The Kier molecular flexibility index (Phi) is 6.92. The van der Waals surface area contributed by atoms with E-state index in [1.807, 2.05) is 49.4 Å². The first-order valence-corrected chi connectivity index (χ1v) is 8.02. The van der Waals surface area contributed by atoms with Crippen molar-refractivity contribution >= 4 is 17.9 Å². The predicted octanol–water partition coefficient (Wildman–Crippen LogP) is 2.53. The minimum Gasteiger partial charge on any atom is -0.383 e. The normalized spacial score (nSPS) is 11.0. The highest BCUT2D eigenvalue weighted by molar-refractivity contribution is 6.05. The third kappa shape index (κ3) is 5.90. The van der Waals surface area contributed by atoms with E-state index in [1.165, 1.54) is 0 Å². The van der Waals surface area contributed by atoms with Crippen LogP contribution in [0, 0.1) is 6.92 Å². The number of methoxy groups -OCH3 is 1. The highest BCUT2D eigenvalue weighted by atomic mass is 16.5. The summed E-state index contributed by atoms with van der Waals surface area (Å²) in [5.41, 5.74) is 2.57. The second-order valence-corrected chi connectivity index (χ2v) is 5.54. The van der Waals surface area contributed by atoms with Gasteiger partial charge in [-0.05, 0) is 30.7 Å². The molecule has 130 valence electrons. The molecule has 0 aliphatic heterocycles. The predicted molar refractivity (Wildman–Crippen MR) is 97.9 cm³/mol. The Labute approximate surface area is 147 Å². The Hall–Kier alpha value is -2.92. The summed E-state index contributed by atoms with van der Waals surface area (Å²) in [5.74, 6) is -0.689. The van der Waals surface area contributed by atoms with Crippen molar-refractivity contribution in [2.75, 3.05) is 20.3 Å². The standard InChI is InChI=1S/C20H22N2O3/c1-15-8-10-17(11-9-15)19(23)22-18(20(24)21-12-13-25-2)14-16-6-4-3-5-7-16/h3-11,14H,12-13H2,1-2H3,(H,21,24)(H,22,23)/b18-14+. The van der Waals surface area contributed by atoms with E-state index in [0.717, 1.165) is 11.1 Å². The van der Waals surface area contributed by atoms with Crippen molar-refractivity contribution in [3.63, 3.8) is 0 Å². The molecule has 2 N–H and O–H groups in total. The number of hydrogen-bond acceptors (Lipinski definition) is 3. The molecular weight excluding hydrogens is 316 g/mol. The lowest BCUT2D eigenvalue weighted by Gasteiger charge is -2.11. The zero-order valence-electron chi connectivity index (χ0n) is 14.4. The van der Waals surface area contributed by atoms with Crippen molar-refractivity contribution in [3.8, 4) is 0 Å². The Balaban J connectivity index is 2.18. The molecule has 0 radical (unpaired) electrons. The molecule has 0 spiro atoms. The van der Waals surface area contributed by atoms with E-state index in [4.69, 9.17) is 4.74 Å². The molecular formula is C20H22N2O3. The van der Waals surface area contributed by atoms with Crippen LogP contribution in [0.3, 0.4) is 0 Å². The van der Waals surface area contributed by atoms with Gasteiger partial charge in [-0.25, -0.2) is 0 Å². The number of hydrogen-bond donors (Lipinski definition) is 2. The van der Waals surface area contributed by atoms with E-state index in [-0.39, 0.29) is 17.5 Å². The Morgan fingerprint density at radius 1 is 1.04 bits per heavy atom. The topological polar surface area (TPSA) is 67.4 Å². The summed E-state index contributed by atoms with van der Waals surface area (Å²) in [6.45, 7) is 2.71. The van der Waals surface area contributed by atoms with Gasteiger partial charge in [0.1, 0.15) is 5.70 Å². The zero-order chi connectivity index (χ0) is 18.1. The van der Waals surface area contributed by atoms with E-state index in [0.29, 0.717) is 18.7 Å². The molecule has 0 aliphatic rings. The highest BCUT2D eigenvalue weighted by Crippen LogP contribution is 2.08. The van der Waals surface area contributed by atoms with Gasteiger partial charge in [0.25, 0.3) is 11.8 Å². The molecule has 0 fully saturated rings. The van der Waals surface area contributed by atoms with Gasteiger partial charge >= 0.3 is 0 Å². The quantitative estimate of drug-likeness (QED) is 0.602. The van der Waals surface area contributed by atoms with Crippen LogP contribution in [0.4, 0.5) is 0 Å². The van der Waals surface area contributed by atoms with Crippen LogP contribution in [0.5, 0.6) is 0 Å². The minimum absolute atomic E-state index is 0.188. The summed E-state index contributed by atoms with van der Waals surface area (Å²) in [5, 5.41) is 5.42. The van der Waals surface area contributed by atoms with Crippen LogP contribution in [0.25, 0.3) is 6.08 Å². The van der Waals surface area contributed by atoms with E-state index >= 15 is 0 Å². The average Bonchev–Trinajstić information content (AvgIpc) is 2.62. The lowest BCUT2D eigenvalue weighted by molar-refractivity contribution is -0.117. The molecule has 5 heteroatoms. The number of amides is 2. The molecule has 5 nitrogen and oxygen atoms in total. The van der Waals surface area contributed by atoms with Gasteiger partial charge in [-0.3, -0.25) is 9.59 Å². The maximum atomic E-state index is 12.4. The SMILES string of the molecule is COCCNC(=O)/C(=C\c1ccccc1)NC(=O)c1ccc(C)cc1. The third-order valence-corrected chi connectivity index (χ3v) is 3.51. The van der Waals surface area contributed by atoms with E-state index in [2.05, 4.69) is 10.6 Å². The molecule has 25 heavy (non-hydrogen) atoms. The molecule has 0 bridgehead atoms. The first-order chi connectivity index (χ1) is 12.1. The molecule has 0 unspecified atom stereocenters. The van der Waals surface area contributed by atoms with Crippen LogP contribution in [-0.2, 0) is 9.53 Å². The summed E-state index contributed by atoms with van der Waals surface area (Å²) in [7, 11) is 1.56. The van der Waals surface area contributed by atoms with Crippen molar-refractivity contribution in [2.45, 2.75) is 6.92 Å². The van der Waals surface area contributed by atoms with Crippen LogP contribution in [0.1, 0.15) is 21.5 Å². The van der Waals surface area contributed by atoms with Crippen molar-refractivity contribution in [3.05, 3.63) is 77.0 Å². The molecule has 0 saturated carbocycles. The molecule has 0 saturated heterocycles. The molecule has 2 aromatic rings. The number of ether oxygens (including phenoxy) is 1. The van der Waals surface area contributed by atoms with Gasteiger partial charge in [-0.1, -0.05) is 48.0 Å². The molecule has 2 amide bonds. The largest absolute Gasteiger partial charge is 0.383 e. The van der Waals surface area contributed by atoms with Crippen molar-refractivity contribution in [1.82, 2.24) is 10.6 Å². The van der Waals surface area contributed by atoms with Gasteiger partial charge in [0.2, 0.25) is 0 Å². The Morgan fingerprint density at radius 3 is 2.36 bits per heavy atom. The fourth-order valence-corrected chi connectivity index (χ4v) is 2.14. The fourth-order valence-electron chi connectivity index (χ4n) is 2.14. The molecule has 0 aliphatic carbocycles. The van der Waals surface area contributed by atoms with Gasteiger partial charge in [0.15, 0.2) is 0 Å². The van der Waals surface area contributed by atoms with E-state index < -0.39 is 0 Å². The van der Waals surface area contributed by atoms with Gasteiger partial charge in [0, 0.05) is 19.2 Å². The molecule has 0 heterocycles. The first-order valence-electron chi connectivity index (χ1n) is 8.02. The number of carbonyl (C=O) groups excluding carboxylic acids is 2. The highest BCUT2D eigenvalue weighted by Gasteiger charge is 2.14. The van der Waals surface area contributed by atoms with Crippen LogP contribution < -0.4 is 10.6 Å². The summed E-state index contributed by atoms with van der Waals surface area (Å²) < 4.78 is 4.93. The average molecular weight is 338 g/mol. The van der Waals surface area contributed by atoms with Gasteiger partial charge < -0.3 is 15.4 Å². The monoisotopic (exact) mass is 338 g/mol. The second kappa shape index (κ2) is 9.39. The summed E-state index contributed by atoms with van der Waals surface area (Å²) in [4.78, 5) is 24.8. The summed E-state index contributed by atoms with van der Waals surface area (Å²) in [6.07, 6.45) is 1.65. The Bertz CT molecular complexity index is 737. The van der Waals surface area contributed by atoms with Crippen molar-refractivity contribution < 1.29 is 14.3 Å². The number of nitrogens with one attached hydrogen (secondary N) is 2. The summed E-state index contributed by atoms with van der Waals surface area (Å²) in [6, 6.07) is 16.5. The van der Waals surface area contributed by atoms with Crippen LogP contribution >= 0.6 is 0 Å². The smallest absolute Gasteiger partial charge is 0.267 e. The number of rotatable bonds is 7. The number of benzene rings is 2. The minimum atomic E-state index is -0.360. The molecule has 2 rings (SSSR count). The van der Waals surface area contributed by atoms with Crippen LogP contribution in [0.15, 0.2) is 60.3 Å². The van der Waals surface area contributed by atoms with E-state index in [9.17, 15) is 9.59 Å². The van der Waals surface area contributed by atoms with E-state index in [1.54, 1.807) is 25.3 Å². The van der Waals surface area contributed by atoms with Crippen LogP contribution in [-0.4, -0.2) is 32.1 Å². The molecule has 0 atom stereocenters. The lowest BCUT2D eigenvalue weighted by Crippen LogP contribution is -2.36. The summed E-state index contributed by atoms with van der Waals surface area (Å²) >= 11 is 0. The van der Waals surface area contributed by atoms with Gasteiger partial charge in [-0.2, -0.15) is 0 Å². The first kappa shape index (κ1) is 18.4. The molecule has 2 aromatic carbocycles. The van der Waals surface area contributed by atoms with Crippen LogP contribution in [0.2, 0.25) is 0 Å². The Morgan fingerprint density at radius 2 is 1.72 bits per heavy atom. The molecule has 0 aromatic heterocycles. The lowest BCUT2D eigenvalue weighted by atomic mass is 10.1. The number of aryl methyl sites for hydroxylation is 1.